The second kappa shape index (κ2) is 4.17. The molecule has 0 aliphatic rings. The van der Waals surface area contributed by atoms with E-state index in [0.29, 0.717) is 0 Å². The Hall–Kier alpha value is -1.32. The maximum Gasteiger partial charge on any atom is 0.304 e. The number of nitrogens with zero attached hydrogens (tertiary/aromatic N) is 2. The summed E-state index contributed by atoms with van der Waals surface area (Å²) in [6.07, 6.45) is 2.05. The molecule has 0 fully saturated rings. The standard InChI is InChI=1S/C13H22N2O2/c1-12(2,3)11-9(8-15(6)14-11)13(4,5)7-10(16)17/h8H,7H2,1-6H3,(H,16,17). The van der Waals surface area contributed by atoms with Crippen LogP contribution in [0.1, 0.15) is 52.3 Å². The van der Waals surface area contributed by atoms with Crippen LogP contribution in [0.4, 0.5) is 0 Å². The molecule has 1 N–H and O–H groups in total. The third-order valence-corrected chi connectivity index (χ3v) is 2.86. The van der Waals surface area contributed by atoms with Gasteiger partial charge >= 0.3 is 5.97 Å². The van der Waals surface area contributed by atoms with E-state index < -0.39 is 11.4 Å². The number of carbonyl (C=O) groups is 1. The minimum absolute atomic E-state index is 0.0770. The average molecular weight is 238 g/mol. The number of carboxylic acids is 1. The molecule has 4 nitrogen and oxygen atoms in total. The van der Waals surface area contributed by atoms with Gasteiger partial charge in [-0.3, -0.25) is 9.48 Å². The van der Waals surface area contributed by atoms with Gasteiger partial charge < -0.3 is 5.11 Å². The second-order valence-corrected chi connectivity index (χ2v) is 6.27. The monoisotopic (exact) mass is 238 g/mol. The summed E-state index contributed by atoms with van der Waals surface area (Å²) in [7, 11) is 1.87. The predicted molar refractivity (Wildman–Crippen MR) is 67.2 cm³/mol. The molecule has 0 atom stereocenters. The molecule has 0 radical (unpaired) electrons. The topological polar surface area (TPSA) is 55.1 Å². The van der Waals surface area contributed by atoms with Crippen LogP contribution in [0, 0.1) is 0 Å². The van der Waals surface area contributed by atoms with Crippen molar-refractivity contribution in [3.63, 3.8) is 0 Å². The smallest absolute Gasteiger partial charge is 0.304 e. The Balaban J connectivity index is 3.26. The van der Waals surface area contributed by atoms with E-state index >= 15 is 0 Å². The molecule has 96 valence electrons. The number of hydrogen-bond donors (Lipinski definition) is 1. The van der Waals surface area contributed by atoms with Gasteiger partial charge in [0.1, 0.15) is 0 Å². The first-order chi connectivity index (χ1) is 7.54. The van der Waals surface area contributed by atoms with Crippen molar-refractivity contribution in [2.45, 2.75) is 51.9 Å². The molecule has 0 spiro atoms. The summed E-state index contributed by atoms with van der Waals surface area (Å²) in [6, 6.07) is 0. The molecule has 17 heavy (non-hydrogen) atoms. The largest absolute Gasteiger partial charge is 0.481 e. The van der Waals surface area contributed by atoms with E-state index in [1.165, 1.54) is 0 Å². The fourth-order valence-electron chi connectivity index (χ4n) is 2.01. The summed E-state index contributed by atoms with van der Waals surface area (Å²) in [6.45, 7) is 10.2. The molecule has 0 unspecified atom stereocenters. The fraction of sp³-hybridized carbons (Fsp3) is 0.692. The Morgan fingerprint density at radius 3 is 2.29 bits per heavy atom. The third-order valence-electron chi connectivity index (χ3n) is 2.86. The van der Waals surface area contributed by atoms with E-state index in [9.17, 15) is 4.79 Å². The highest BCUT2D eigenvalue weighted by molar-refractivity contribution is 5.69. The second-order valence-electron chi connectivity index (χ2n) is 6.27. The van der Waals surface area contributed by atoms with Crippen LogP contribution in [0.5, 0.6) is 0 Å². The lowest BCUT2D eigenvalue weighted by Crippen LogP contribution is -2.26. The average Bonchev–Trinajstić information content (AvgIpc) is 2.44. The Morgan fingerprint density at radius 1 is 1.35 bits per heavy atom. The Kier molecular flexibility index (Phi) is 3.37. The molecule has 1 aromatic heterocycles. The number of rotatable bonds is 3. The normalized spacial score (nSPS) is 12.8. The highest BCUT2D eigenvalue weighted by atomic mass is 16.4. The van der Waals surface area contributed by atoms with Gasteiger partial charge in [0.2, 0.25) is 0 Å². The van der Waals surface area contributed by atoms with E-state index in [1.807, 2.05) is 27.1 Å². The zero-order valence-electron chi connectivity index (χ0n) is 11.5. The number of carboxylic acid groups (broad SMARTS) is 1. The molecule has 4 heteroatoms. The van der Waals surface area contributed by atoms with Crippen LogP contribution >= 0.6 is 0 Å². The summed E-state index contributed by atoms with van der Waals surface area (Å²) >= 11 is 0. The van der Waals surface area contributed by atoms with Crippen LogP contribution < -0.4 is 0 Å². The maximum absolute atomic E-state index is 10.9. The van der Waals surface area contributed by atoms with Crippen LogP contribution in [-0.2, 0) is 22.7 Å². The zero-order valence-corrected chi connectivity index (χ0v) is 11.5. The fourth-order valence-corrected chi connectivity index (χ4v) is 2.01. The molecule has 0 saturated heterocycles. The summed E-state index contributed by atoms with van der Waals surface area (Å²) in [5.41, 5.74) is 1.52. The van der Waals surface area contributed by atoms with E-state index in [0.717, 1.165) is 11.3 Å². The van der Waals surface area contributed by atoms with Gasteiger partial charge in [-0.05, 0) is 0 Å². The van der Waals surface area contributed by atoms with Gasteiger partial charge in [-0.2, -0.15) is 5.10 Å². The van der Waals surface area contributed by atoms with E-state index in [1.54, 1.807) is 4.68 Å². The zero-order chi connectivity index (χ0) is 13.4. The quantitative estimate of drug-likeness (QED) is 0.880. The predicted octanol–water partition coefficient (Wildman–Crippen LogP) is 2.47. The Morgan fingerprint density at radius 2 is 1.88 bits per heavy atom. The lowest BCUT2D eigenvalue weighted by atomic mass is 9.76. The Bertz CT molecular complexity index is 425. The van der Waals surface area contributed by atoms with Crippen molar-refractivity contribution in [3.8, 4) is 0 Å². The van der Waals surface area contributed by atoms with Crippen molar-refractivity contribution in [1.29, 1.82) is 0 Å². The molecule has 0 saturated carbocycles. The lowest BCUT2D eigenvalue weighted by molar-refractivity contribution is -0.138. The van der Waals surface area contributed by atoms with Crippen molar-refractivity contribution in [3.05, 3.63) is 17.5 Å². The lowest BCUT2D eigenvalue weighted by Gasteiger charge is -2.27. The summed E-state index contributed by atoms with van der Waals surface area (Å²) < 4.78 is 1.76. The molecule has 1 rings (SSSR count). The molecule has 0 bridgehead atoms. The van der Waals surface area contributed by atoms with Crippen LogP contribution in [-0.4, -0.2) is 20.9 Å². The first-order valence-corrected chi connectivity index (χ1v) is 5.80. The number of aryl methyl sites for hydroxylation is 1. The summed E-state index contributed by atoms with van der Waals surface area (Å²) in [4.78, 5) is 10.9. The van der Waals surface area contributed by atoms with Gasteiger partial charge in [-0.1, -0.05) is 34.6 Å². The van der Waals surface area contributed by atoms with E-state index in [-0.39, 0.29) is 11.8 Å². The minimum atomic E-state index is -0.779. The molecule has 0 amide bonds. The first kappa shape index (κ1) is 13.7. The molecule has 1 heterocycles. The summed E-state index contributed by atoms with van der Waals surface area (Å²) in [5, 5.41) is 13.5. The van der Waals surface area contributed by atoms with Crippen LogP contribution in [0.25, 0.3) is 0 Å². The van der Waals surface area contributed by atoms with Gasteiger partial charge in [0, 0.05) is 29.6 Å². The maximum atomic E-state index is 10.9. The van der Waals surface area contributed by atoms with Crippen molar-refractivity contribution in [2.24, 2.45) is 7.05 Å². The minimum Gasteiger partial charge on any atom is -0.481 e. The van der Waals surface area contributed by atoms with Gasteiger partial charge in [0.25, 0.3) is 0 Å². The molecule has 0 aliphatic heterocycles. The number of aromatic nitrogens is 2. The van der Waals surface area contributed by atoms with Gasteiger partial charge in [-0.25, -0.2) is 0 Å². The van der Waals surface area contributed by atoms with Gasteiger partial charge in [-0.15, -0.1) is 0 Å². The van der Waals surface area contributed by atoms with Gasteiger partial charge in [0.15, 0.2) is 0 Å². The Labute approximate surface area is 103 Å². The first-order valence-electron chi connectivity index (χ1n) is 5.80. The summed E-state index contributed by atoms with van der Waals surface area (Å²) in [5.74, 6) is -0.779. The van der Waals surface area contributed by atoms with E-state index in [4.69, 9.17) is 5.11 Å². The molecule has 0 aliphatic carbocycles. The van der Waals surface area contributed by atoms with Crippen molar-refractivity contribution in [1.82, 2.24) is 9.78 Å². The van der Waals surface area contributed by atoms with Crippen LogP contribution in [0.3, 0.4) is 0 Å². The third kappa shape index (κ3) is 3.08. The number of hydrogen-bond acceptors (Lipinski definition) is 2. The van der Waals surface area contributed by atoms with Crippen molar-refractivity contribution in [2.75, 3.05) is 0 Å². The molecule has 1 aromatic rings. The van der Waals surface area contributed by atoms with Crippen molar-refractivity contribution >= 4 is 5.97 Å². The van der Waals surface area contributed by atoms with Crippen LogP contribution in [0.2, 0.25) is 0 Å². The van der Waals surface area contributed by atoms with E-state index in [2.05, 4.69) is 25.9 Å². The molecular weight excluding hydrogens is 216 g/mol. The number of aliphatic carboxylic acids is 1. The van der Waals surface area contributed by atoms with Crippen molar-refractivity contribution < 1.29 is 9.90 Å². The SMILES string of the molecule is Cn1cc(C(C)(C)CC(=O)O)c(C(C)(C)C)n1. The molecule has 0 aromatic carbocycles. The highest BCUT2D eigenvalue weighted by Crippen LogP contribution is 2.34. The van der Waals surface area contributed by atoms with Gasteiger partial charge in [0.05, 0.1) is 12.1 Å². The van der Waals surface area contributed by atoms with Crippen LogP contribution in [0.15, 0.2) is 6.20 Å². The molecular formula is C13H22N2O2. The highest BCUT2D eigenvalue weighted by Gasteiger charge is 2.32.